The van der Waals surface area contributed by atoms with Crippen molar-refractivity contribution in [2.24, 2.45) is 12.5 Å². The molecule has 1 atom stereocenters. The van der Waals surface area contributed by atoms with Crippen molar-refractivity contribution in [3.63, 3.8) is 0 Å². The van der Waals surface area contributed by atoms with Crippen molar-refractivity contribution in [2.75, 3.05) is 31.1 Å². The highest BCUT2D eigenvalue weighted by molar-refractivity contribution is 6.00. The maximum absolute atomic E-state index is 13.1. The summed E-state index contributed by atoms with van der Waals surface area (Å²) in [7, 11) is 1.77. The summed E-state index contributed by atoms with van der Waals surface area (Å²) in [6.45, 7) is 4.16. The molecule has 1 aromatic carbocycles. The molecule has 2 N–H and O–H groups in total. The van der Waals surface area contributed by atoms with Crippen LogP contribution in [0.4, 0.5) is 5.69 Å². The summed E-state index contributed by atoms with van der Waals surface area (Å²) in [6, 6.07) is 5.28. The molecular weight excluding hydrogens is 370 g/mol. The Bertz CT molecular complexity index is 1040. The lowest BCUT2D eigenvalue weighted by molar-refractivity contribution is -0.135. The molecule has 1 spiro atoms. The van der Waals surface area contributed by atoms with Crippen LogP contribution in [0.1, 0.15) is 38.1 Å². The Morgan fingerprint density at radius 2 is 1.90 bits per heavy atom. The molecule has 8 heteroatoms. The molecule has 1 aromatic heterocycles. The summed E-state index contributed by atoms with van der Waals surface area (Å²) < 4.78 is 3.21. The van der Waals surface area contributed by atoms with Crippen LogP contribution in [0.15, 0.2) is 23.0 Å². The topological polar surface area (TPSA) is 88.4 Å². The minimum atomic E-state index is -0.645. The van der Waals surface area contributed by atoms with E-state index in [2.05, 4.69) is 21.6 Å². The number of carbonyl (C=O) groups excluding carboxylic acids is 2. The second-order valence-electron chi connectivity index (χ2n) is 8.74. The van der Waals surface area contributed by atoms with E-state index in [4.69, 9.17) is 0 Å². The van der Waals surface area contributed by atoms with Gasteiger partial charge in [-0.3, -0.25) is 24.0 Å². The normalized spacial score (nSPS) is 24.4. The molecule has 0 aliphatic carbocycles. The fourth-order valence-electron chi connectivity index (χ4n) is 5.35. The maximum Gasteiger partial charge on any atom is 0.329 e. The molecule has 29 heavy (non-hydrogen) atoms. The van der Waals surface area contributed by atoms with Crippen molar-refractivity contribution in [2.45, 2.75) is 38.1 Å². The molecule has 3 fully saturated rings. The van der Waals surface area contributed by atoms with Crippen LogP contribution in [0.25, 0.3) is 11.0 Å². The van der Waals surface area contributed by atoms with E-state index in [0.717, 1.165) is 55.7 Å². The van der Waals surface area contributed by atoms with E-state index in [1.165, 1.54) is 6.42 Å². The van der Waals surface area contributed by atoms with Crippen molar-refractivity contribution in [1.82, 2.24) is 19.8 Å². The second-order valence-corrected chi connectivity index (χ2v) is 8.74. The summed E-state index contributed by atoms with van der Waals surface area (Å²) in [4.78, 5) is 39.4. The number of anilines is 1. The third-order valence-electron chi connectivity index (χ3n) is 7.10. The number of nitrogens with one attached hydrogen (secondary N) is 2. The monoisotopic (exact) mass is 397 g/mol. The van der Waals surface area contributed by atoms with Gasteiger partial charge in [0.15, 0.2) is 0 Å². The number of imide groups is 1. The van der Waals surface area contributed by atoms with E-state index < -0.39 is 11.9 Å². The van der Waals surface area contributed by atoms with E-state index in [1.54, 1.807) is 16.2 Å². The molecule has 3 aliphatic heterocycles. The second kappa shape index (κ2) is 6.73. The van der Waals surface area contributed by atoms with Crippen molar-refractivity contribution in [3.05, 3.63) is 28.7 Å². The van der Waals surface area contributed by atoms with Crippen LogP contribution >= 0.6 is 0 Å². The Kier molecular flexibility index (Phi) is 4.27. The number of fused-ring (bicyclic) bond motifs is 1. The largest absolute Gasteiger partial charge is 0.370 e. The van der Waals surface area contributed by atoms with E-state index in [9.17, 15) is 14.4 Å². The van der Waals surface area contributed by atoms with Gasteiger partial charge in [-0.05, 0) is 49.8 Å². The fourth-order valence-corrected chi connectivity index (χ4v) is 5.35. The summed E-state index contributed by atoms with van der Waals surface area (Å²) in [5.74, 6) is -0.668. The Balaban J connectivity index is 1.53. The minimum absolute atomic E-state index is 0.213. The SMILES string of the molecule is Cn1c(=O)n(C2CCC(=O)NC2=O)c2cccc(N3CCC4(CCNC4)CC3)c21. The molecule has 2 amide bonds. The third kappa shape index (κ3) is 2.88. The molecule has 3 aliphatic rings. The number of benzene rings is 1. The predicted octanol–water partition coefficient (Wildman–Crippen LogP) is 0.898. The number of rotatable bonds is 2. The number of para-hydroxylation sites is 1. The highest BCUT2D eigenvalue weighted by Crippen LogP contribution is 2.39. The number of carbonyl (C=O) groups is 2. The average Bonchev–Trinajstić information content (AvgIpc) is 3.27. The summed E-state index contributed by atoms with van der Waals surface area (Å²) in [5, 5.41) is 5.87. The Hall–Kier alpha value is -2.61. The first-order valence-electron chi connectivity index (χ1n) is 10.5. The van der Waals surface area contributed by atoms with Crippen LogP contribution < -0.4 is 21.2 Å². The van der Waals surface area contributed by atoms with E-state index in [-0.39, 0.29) is 18.0 Å². The number of nitrogens with zero attached hydrogens (tertiary/aromatic N) is 3. The average molecular weight is 397 g/mol. The zero-order valence-corrected chi connectivity index (χ0v) is 16.7. The van der Waals surface area contributed by atoms with E-state index >= 15 is 0 Å². The lowest BCUT2D eigenvalue weighted by atomic mass is 9.78. The van der Waals surface area contributed by atoms with Crippen LogP contribution in [0.5, 0.6) is 0 Å². The highest BCUT2D eigenvalue weighted by Gasteiger charge is 2.38. The summed E-state index contributed by atoms with van der Waals surface area (Å²) in [6.07, 6.45) is 4.15. The summed E-state index contributed by atoms with van der Waals surface area (Å²) >= 11 is 0. The third-order valence-corrected chi connectivity index (χ3v) is 7.10. The van der Waals surface area contributed by atoms with Gasteiger partial charge >= 0.3 is 5.69 Å². The molecule has 2 aromatic rings. The Morgan fingerprint density at radius 1 is 1.10 bits per heavy atom. The van der Waals surface area contributed by atoms with Gasteiger partial charge in [0.25, 0.3) is 0 Å². The van der Waals surface area contributed by atoms with Crippen LogP contribution in [-0.2, 0) is 16.6 Å². The van der Waals surface area contributed by atoms with Crippen molar-refractivity contribution in [3.8, 4) is 0 Å². The van der Waals surface area contributed by atoms with Crippen LogP contribution in [-0.4, -0.2) is 47.1 Å². The molecule has 0 bridgehead atoms. The zero-order chi connectivity index (χ0) is 20.2. The number of imidazole rings is 1. The summed E-state index contributed by atoms with van der Waals surface area (Å²) in [5.41, 5.74) is 2.88. The van der Waals surface area contributed by atoms with Gasteiger partial charge in [-0.2, -0.15) is 0 Å². The molecule has 3 saturated heterocycles. The standard InChI is InChI=1S/C21H27N5O3/c1-24-18-14(25-11-8-21(9-12-25)7-10-22-13-21)3-2-4-15(18)26(20(24)29)16-5-6-17(27)23-19(16)28/h2-4,16,22H,5-13H2,1H3,(H,23,27,28). The van der Waals surface area contributed by atoms with E-state index in [1.807, 2.05) is 12.1 Å². The first-order valence-corrected chi connectivity index (χ1v) is 10.5. The molecule has 0 saturated carbocycles. The van der Waals surface area contributed by atoms with Gasteiger partial charge in [-0.1, -0.05) is 6.07 Å². The molecule has 8 nitrogen and oxygen atoms in total. The van der Waals surface area contributed by atoms with Crippen LogP contribution in [0, 0.1) is 5.41 Å². The van der Waals surface area contributed by atoms with Gasteiger partial charge in [-0.15, -0.1) is 0 Å². The van der Waals surface area contributed by atoms with Crippen molar-refractivity contribution >= 4 is 28.5 Å². The van der Waals surface area contributed by atoms with Gasteiger partial charge in [0.2, 0.25) is 11.8 Å². The van der Waals surface area contributed by atoms with Gasteiger partial charge in [-0.25, -0.2) is 4.79 Å². The number of piperidine rings is 2. The van der Waals surface area contributed by atoms with Crippen molar-refractivity contribution < 1.29 is 9.59 Å². The Labute approximate surface area is 168 Å². The van der Waals surface area contributed by atoms with Crippen LogP contribution in [0.2, 0.25) is 0 Å². The lowest BCUT2D eigenvalue weighted by Gasteiger charge is -2.40. The molecule has 5 rings (SSSR count). The first kappa shape index (κ1) is 18.4. The fraction of sp³-hybridized carbons (Fsp3) is 0.571. The molecule has 4 heterocycles. The van der Waals surface area contributed by atoms with Gasteiger partial charge in [0, 0.05) is 33.1 Å². The molecule has 154 valence electrons. The van der Waals surface area contributed by atoms with Crippen molar-refractivity contribution in [1.29, 1.82) is 0 Å². The molecular formula is C21H27N5O3. The Morgan fingerprint density at radius 3 is 2.59 bits per heavy atom. The number of aryl methyl sites for hydroxylation is 1. The molecule has 0 radical (unpaired) electrons. The number of hydrogen-bond acceptors (Lipinski definition) is 5. The number of hydrogen-bond donors (Lipinski definition) is 2. The number of aromatic nitrogens is 2. The highest BCUT2D eigenvalue weighted by atomic mass is 16.2. The minimum Gasteiger partial charge on any atom is -0.370 e. The zero-order valence-electron chi connectivity index (χ0n) is 16.7. The molecule has 1 unspecified atom stereocenters. The quantitative estimate of drug-likeness (QED) is 0.735. The van der Waals surface area contributed by atoms with Gasteiger partial charge in [0.1, 0.15) is 6.04 Å². The van der Waals surface area contributed by atoms with Gasteiger partial charge < -0.3 is 10.2 Å². The lowest BCUT2D eigenvalue weighted by Crippen LogP contribution is -2.44. The predicted molar refractivity (Wildman–Crippen MR) is 110 cm³/mol. The number of amides is 2. The van der Waals surface area contributed by atoms with Crippen LogP contribution in [0.3, 0.4) is 0 Å². The van der Waals surface area contributed by atoms with E-state index in [0.29, 0.717) is 11.8 Å². The smallest absolute Gasteiger partial charge is 0.329 e. The first-order chi connectivity index (χ1) is 14.0. The maximum atomic E-state index is 13.1. The van der Waals surface area contributed by atoms with Gasteiger partial charge in [0.05, 0.1) is 16.7 Å².